The van der Waals surface area contributed by atoms with Crippen molar-refractivity contribution >= 4 is 11.3 Å². The molecule has 1 fully saturated rings. The molecule has 0 aromatic carbocycles. The molecule has 0 amide bonds. The highest BCUT2D eigenvalue weighted by atomic mass is 32.1. The second-order valence-electron chi connectivity index (χ2n) is 4.26. The van der Waals surface area contributed by atoms with E-state index in [1.807, 2.05) is 18.2 Å². The van der Waals surface area contributed by atoms with Gasteiger partial charge in [0.25, 0.3) is 0 Å². The van der Waals surface area contributed by atoms with Crippen molar-refractivity contribution < 1.29 is 4.74 Å². The van der Waals surface area contributed by atoms with Crippen LogP contribution in [0, 0.1) is 0 Å². The van der Waals surface area contributed by atoms with E-state index in [2.05, 4.69) is 20.7 Å². The Bertz CT molecular complexity index is 494. The predicted octanol–water partition coefficient (Wildman–Crippen LogP) is 1.74. The number of thiazole rings is 1. The third-order valence-electron chi connectivity index (χ3n) is 2.88. The second-order valence-corrected chi connectivity index (χ2v) is 5.12. The van der Waals surface area contributed by atoms with Crippen molar-refractivity contribution in [3.63, 3.8) is 0 Å². The molecule has 1 atom stereocenters. The number of aromatic nitrogens is 2. The SMILES string of the molecule is c1ccc(-c2nc(CC3CNCCO3)cs2)nc1. The van der Waals surface area contributed by atoms with Crippen molar-refractivity contribution in [2.24, 2.45) is 0 Å². The molecule has 1 aliphatic rings. The highest BCUT2D eigenvalue weighted by Crippen LogP contribution is 2.22. The molecule has 1 N–H and O–H groups in total. The molecule has 1 aliphatic heterocycles. The first-order valence-electron chi connectivity index (χ1n) is 6.10. The molecule has 0 saturated carbocycles. The summed E-state index contributed by atoms with van der Waals surface area (Å²) >= 11 is 1.64. The summed E-state index contributed by atoms with van der Waals surface area (Å²) < 4.78 is 5.68. The van der Waals surface area contributed by atoms with Gasteiger partial charge in [0.15, 0.2) is 0 Å². The molecule has 3 rings (SSSR count). The predicted molar refractivity (Wildman–Crippen MR) is 71.7 cm³/mol. The van der Waals surface area contributed by atoms with Gasteiger partial charge in [0.05, 0.1) is 24.1 Å². The third kappa shape index (κ3) is 2.75. The zero-order valence-corrected chi connectivity index (χ0v) is 10.8. The molecule has 3 heterocycles. The van der Waals surface area contributed by atoms with Gasteiger partial charge in [0.2, 0.25) is 0 Å². The van der Waals surface area contributed by atoms with Crippen LogP contribution >= 0.6 is 11.3 Å². The first-order valence-corrected chi connectivity index (χ1v) is 6.98. The van der Waals surface area contributed by atoms with E-state index >= 15 is 0 Å². The van der Waals surface area contributed by atoms with E-state index < -0.39 is 0 Å². The molecule has 4 nitrogen and oxygen atoms in total. The number of hydrogen-bond donors (Lipinski definition) is 1. The van der Waals surface area contributed by atoms with E-state index in [1.54, 1.807) is 17.5 Å². The zero-order chi connectivity index (χ0) is 12.2. The van der Waals surface area contributed by atoms with Crippen LogP contribution < -0.4 is 5.32 Å². The summed E-state index contributed by atoms with van der Waals surface area (Å²) in [5, 5.41) is 6.41. The van der Waals surface area contributed by atoms with Crippen LogP contribution in [-0.2, 0) is 11.2 Å². The van der Waals surface area contributed by atoms with Crippen molar-refractivity contribution in [3.05, 3.63) is 35.5 Å². The smallest absolute Gasteiger partial charge is 0.142 e. The maximum absolute atomic E-state index is 5.68. The Kier molecular flexibility index (Phi) is 3.64. The molecule has 2 aromatic heterocycles. The van der Waals surface area contributed by atoms with Crippen LogP contribution in [-0.4, -0.2) is 35.8 Å². The van der Waals surface area contributed by atoms with Gasteiger partial charge in [-0.1, -0.05) is 6.07 Å². The highest BCUT2D eigenvalue weighted by molar-refractivity contribution is 7.13. The normalized spacial score (nSPS) is 19.9. The van der Waals surface area contributed by atoms with Gasteiger partial charge in [-0.2, -0.15) is 0 Å². The van der Waals surface area contributed by atoms with E-state index in [4.69, 9.17) is 4.74 Å². The van der Waals surface area contributed by atoms with Gasteiger partial charge in [0.1, 0.15) is 5.01 Å². The monoisotopic (exact) mass is 261 g/mol. The van der Waals surface area contributed by atoms with Crippen LogP contribution in [0.1, 0.15) is 5.69 Å². The first kappa shape index (κ1) is 11.8. The molecular weight excluding hydrogens is 246 g/mol. The van der Waals surface area contributed by atoms with Crippen LogP contribution in [0.15, 0.2) is 29.8 Å². The minimum Gasteiger partial charge on any atom is -0.375 e. The standard InChI is InChI=1S/C13H15N3OS/c1-2-4-15-12(3-1)13-16-10(9-18-13)7-11-8-14-5-6-17-11/h1-4,9,11,14H,5-8H2. The lowest BCUT2D eigenvalue weighted by molar-refractivity contribution is 0.0287. The van der Waals surface area contributed by atoms with Gasteiger partial charge in [-0.15, -0.1) is 11.3 Å². The van der Waals surface area contributed by atoms with E-state index in [0.29, 0.717) is 0 Å². The Hall–Kier alpha value is -1.30. The lowest BCUT2D eigenvalue weighted by Gasteiger charge is -2.22. The lowest BCUT2D eigenvalue weighted by atomic mass is 10.2. The van der Waals surface area contributed by atoms with Crippen LogP contribution in [0.25, 0.3) is 10.7 Å². The number of hydrogen-bond acceptors (Lipinski definition) is 5. The van der Waals surface area contributed by atoms with E-state index in [-0.39, 0.29) is 6.10 Å². The van der Waals surface area contributed by atoms with Crippen molar-refractivity contribution in [2.75, 3.05) is 19.7 Å². The highest BCUT2D eigenvalue weighted by Gasteiger charge is 2.16. The summed E-state index contributed by atoms with van der Waals surface area (Å²) in [6.45, 7) is 2.66. The summed E-state index contributed by atoms with van der Waals surface area (Å²) in [6, 6.07) is 5.89. The molecule has 18 heavy (non-hydrogen) atoms. The maximum atomic E-state index is 5.68. The average molecular weight is 261 g/mol. The zero-order valence-electron chi connectivity index (χ0n) is 10.0. The molecule has 0 radical (unpaired) electrons. The van der Waals surface area contributed by atoms with Gasteiger partial charge in [-0.05, 0) is 12.1 Å². The fraction of sp³-hybridized carbons (Fsp3) is 0.385. The number of ether oxygens (including phenoxy) is 1. The summed E-state index contributed by atoms with van der Waals surface area (Å²) in [5.41, 5.74) is 2.03. The fourth-order valence-electron chi connectivity index (χ4n) is 1.99. The molecule has 0 aliphatic carbocycles. The van der Waals surface area contributed by atoms with Gasteiger partial charge < -0.3 is 10.1 Å². The lowest BCUT2D eigenvalue weighted by Crippen LogP contribution is -2.39. The molecule has 94 valence electrons. The largest absolute Gasteiger partial charge is 0.375 e. The molecule has 5 heteroatoms. The molecule has 1 saturated heterocycles. The van der Waals surface area contributed by atoms with Crippen LogP contribution in [0.3, 0.4) is 0 Å². The van der Waals surface area contributed by atoms with Crippen LogP contribution in [0.2, 0.25) is 0 Å². The number of rotatable bonds is 3. The molecule has 2 aromatic rings. The summed E-state index contributed by atoms with van der Waals surface area (Å²) in [7, 11) is 0. The van der Waals surface area contributed by atoms with Gasteiger partial charge >= 0.3 is 0 Å². The molecule has 0 bridgehead atoms. The molecule has 0 spiro atoms. The fourth-order valence-corrected chi connectivity index (χ4v) is 2.80. The number of pyridine rings is 1. The Morgan fingerprint density at radius 3 is 3.22 bits per heavy atom. The number of morpholine rings is 1. The minimum atomic E-state index is 0.248. The quantitative estimate of drug-likeness (QED) is 0.914. The number of nitrogens with one attached hydrogen (secondary N) is 1. The maximum Gasteiger partial charge on any atom is 0.142 e. The summed E-state index contributed by atoms with van der Waals surface area (Å²) in [5.74, 6) is 0. The Labute approximate surface area is 110 Å². The van der Waals surface area contributed by atoms with E-state index in [9.17, 15) is 0 Å². The van der Waals surface area contributed by atoms with Crippen LogP contribution in [0.5, 0.6) is 0 Å². The third-order valence-corrected chi connectivity index (χ3v) is 3.79. The van der Waals surface area contributed by atoms with Crippen molar-refractivity contribution in [1.82, 2.24) is 15.3 Å². The van der Waals surface area contributed by atoms with E-state index in [1.165, 1.54) is 0 Å². The average Bonchev–Trinajstić information content (AvgIpc) is 2.89. The Balaban J connectivity index is 1.69. The topological polar surface area (TPSA) is 47.0 Å². The Morgan fingerprint density at radius 2 is 2.44 bits per heavy atom. The van der Waals surface area contributed by atoms with Gasteiger partial charge in [-0.3, -0.25) is 4.98 Å². The van der Waals surface area contributed by atoms with Crippen molar-refractivity contribution in [2.45, 2.75) is 12.5 Å². The van der Waals surface area contributed by atoms with Crippen molar-refractivity contribution in [1.29, 1.82) is 0 Å². The van der Waals surface area contributed by atoms with E-state index in [0.717, 1.165) is 42.5 Å². The Morgan fingerprint density at radius 1 is 1.44 bits per heavy atom. The van der Waals surface area contributed by atoms with Crippen LogP contribution in [0.4, 0.5) is 0 Å². The van der Waals surface area contributed by atoms with Gasteiger partial charge in [0, 0.05) is 31.1 Å². The van der Waals surface area contributed by atoms with Crippen molar-refractivity contribution in [3.8, 4) is 10.7 Å². The molecule has 1 unspecified atom stereocenters. The molecular formula is C13H15N3OS. The second kappa shape index (κ2) is 5.56. The summed E-state index contributed by atoms with van der Waals surface area (Å²) in [6.07, 6.45) is 2.92. The summed E-state index contributed by atoms with van der Waals surface area (Å²) in [4.78, 5) is 8.94. The first-order chi connectivity index (χ1) is 8.92. The number of nitrogens with zero attached hydrogens (tertiary/aromatic N) is 2. The minimum absolute atomic E-state index is 0.248. The van der Waals surface area contributed by atoms with Gasteiger partial charge in [-0.25, -0.2) is 4.98 Å².